The van der Waals surface area contributed by atoms with Gasteiger partial charge in [-0.25, -0.2) is 4.98 Å². The van der Waals surface area contributed by atoms with Crippen LogP contribution in [0.25, 0.3) is 11.0 Å². The van der Waals surface area contributed by atoms with E-state index in [-0.39, 0.29) is 5.91 Å². The van der Waals surface area contributed by atoms with E-state index in [9.17, 15) is 4.79 Å². The number of rotatable bonds is 9. The lowest BCUT2D eigenvalue weighted by Gasteiger charge is -2.37. The number of carbonyl (C=O) groups excluding carboxylic acids is 1. The van der Waals surface area contributed by atoms with Crippen molar-refractivity contribution >= 4 is 46.0 Å². The molecule has 37 heavy (non-hydrogen) atoms. The van der Waals surface area contributed by atoms with Crippen LogP contribution in [0.5, 0.6) is 0 Å². The number of hydrogen-bond donors (Lipinski definition) is 2. The Bertz CT molecular complexity index is 1320. The predicted octanol–water partition coefficient (Wildman–Crippen LogP) is 5.15. The number of carbonyl (C=O) groups is 1. The third-order valence-electron chi connectivity index (χ3n) is 6.67. The first-order valence-electron chi connectivity index (χ1n) is 12.6. The van der Waals surface area contributed by atoms with Gasteiger partial charge in [-0.05, 0) is 61.3 Å². The van der Waals surface area contributed by atoms with E-state index in [1.165, 1.54) is 11.3 Å². The Balaban J connectivity index is 1.01. The number of piperazine rings is 1. The molecule has 0 radical (unpaired) electrons. The summed E-state index contributed by atoms with van der Waals surface area (Å²) < 4.78 is 0. The van der Waals surface area contributed by atoms with Gasteiger partial charge >= 0.3 is 0 Å². The number of aromatic amines is 1. The van der Waals surface area contributed by atoms with Crippen molar-refractivity contribution in [1.29, 1.82) is 0 Å². The van der Waals surface area contributed by atoms with Crippen molar-refractivity contribution in [2.24, 2.45) is 0 Å². The molecule has 2 aromatic carbocycles. The van der Waals surface area contributed by atoms with Crippen LogP contribution in [-0.2, 0) is 5.75 Å². The number of H-pyrrole nitrogens is 1. The topological polar surface area (TPSA) is 77.2 Å². The molecule has 0 aliphatic carbocycles. The zero-order valence-corrected chi connectivity index (χ0v) is 22.5. The normalized spacial score (nSPS) is 14.3. The summed E-state index contributed by atoms with van der Waals surface area (Å²) in [7, 11) is 0. The molecule has 3 heterocycles. The molecule has 0 spiro atoms. The Hall–Kier alpha value is -3.07. The lowest BCUT2D eigenvalue weighted by molar-refractivity contribution is 0.0951. The van der Waals surface area contributed by atoms with Gasteiger partial charge in [0.15, 0.2) is 5.16 Å². The first kappa shape index (κ1) is 25.6. The minimum absolute atomic E-state index is 0.0229. The zero-order chi connectivity index (χ0) is 25.6. The van der Waals surface area contributed by atoms with Crippen LogP contribution in [0.15, 0.2) is 66.1 Å². The molecule has 1 saturated heterocycles. The number of amides is 1. The van der Waals surface area contributed by atoms with E-state index in [1.54, 1.807) is 24.2 Å². The fourth-order valence-corrected chi connectivity index (χ4v) is 5.56. The van der Waals surface area contributed by atoms with Crippen molar-refractivity contribution in [3.8, 4) is 0 Å². The highest BCUT2D eigenvalue weighted by molar-refractivity contribution is 7.98. The summed E-state index contributed by atoms with van der Waals surface area (Å²) in [5, 5.41) is 4.71. The van der Waals surface area contributed by atoms with Crippen LogP contribution in [0, 0.1) is 6.92 Å². The number of thioether (sulfide) groups is 1. The Morgan fingerprint density at radius 3 is 2.70 bits per heavy atom. The largest absolute Gasteiger partial charge is 0.369 e. The lowest BCUT2D eigenvalue weighted by atomic mass is 10.1. The van der Waals surface area contributed by atoms with E-state index in [0.29, 0.717) is 12.1 Å². The number of aromatic nitrogens is 3. The van der Waals surface area contributed by atoms with Gasteiger partial charge in [-0.15, -0.1) is 0 Å². The molecule has 1 amide bonds. The van der Waals surface area contributed by atoms with Crippen molar-refractivity contribution in [3.63, 3.8) is 0 Å². The average Bonchev–Trinajstić information content (AvgIpc) is 3.35. The van der Waals surface area contributed by atoms with E-state index in [1.807, 2.05) is 36.4 Å². The lowest BCUT2D eigenvalue weighted by Crippen LogP contribution is -2.47. The number of hydrogen-bond acceptors (Lipinski definition) is 6. The first-order chi connectivity index (χ1) is 18.0. The van der Waals surface area contributed by atoms with Crippen molar-refractivity contribution in [2.75, 3.05) is 44.2 Å². The number of halogens is 1. The molecule has 1 aliphatic heterocycles. The van der Waals surface area contributed by atoms with Crippen molar-refractivity contribution in [2.45, 2.75) is 24.3 Å². The van der Waals surface area contributed by atoms with Crippen LogP contribution in [0.2, 0.25) is 5.02 Å². The maximum atomic E-state index is 12.6. The minimum Gasteiger partial charge on any atom is -0.369 e. The van der Waals surface area contributed by atoms with Crippen LogP contribution >= 0.6 is 23.4 Å². The van der Waals surface area contributed by atoms with Crippen molar-refractivity contribution < 1.29 is 4.79 Å². The van der Waals surface area contributed by atoms with Gasteiger partial charge in [-0.1, -0.05) is 41.6 Å². The van der Waals surface area contributed by atoms with Crippen molar-refractivity contribution in [1.82, 2.24) is 25.2 Å². The maximum Gasteiger partial charge on any atom is 0.251 e. The van der Waals surface area contributed by atoms with Crippen molar-refractivity contribution in [3.05, 3.63) is 82.6 Å². The summed E-state index contributed by atoms with van der Waals surface area (Å²) in [6, 6.07) is 15.8. The van der Waals surface area contributed by atoms with Gasteiger partial charge in [-0.2, -0.15) is 0 Å². The highest BCUT2D eigenvalue weighted by Crippen LogP contribution is 2.25. The number of anilines is 1. The summed E-state index contributed by atoms with van der Waals surface area (Å²) in [5.74, 6) is 0.754. The predicted molar refractivity (Wildman–Crippen MR) is 152 cm³/mol. The Labute approximate surface area is 226 Å². The fraction of sp³-hybridized carbons (Fsp3) is 0.321. The summed E-state index contributed by atoms with van der Waals surface area (Å²) in [5.41, 5.74) is 6.18. The molecular weight excluding hydrogens is 504 g/mol. The number of pyridine rings is 1. The molecule has 2 N–H and O–H groups in total. The van der Waals surface area contributed by atoms with Crippen LogP contribution in [-0.4, -0.2) is 65.0 Å². The van der Waals surface area contributed by atoms with Crippen LogP contribution in [0.4, 0.5) is 5.69 Å². The molecule has 2 aromatic heterocycles. The van der Waals surface area contributed by atoms with E-state index < -0.39 is 0 Å². The standard InChI is InChI=1S/C28H31ClN6OS/c1-20-3-8-23(29)17-26(20)35-15-13-34(14-16-35)12-2-10-31-27(36)22-6-4-21(5-7-22)19-37-28-32-24-9-11-30-18-25(24)33-28/h3-9,11,17-18H,2,10,12-16,19H2,1H3,(H,31,36)(H,32,33). The average molecular weight is 535 g/mol. The molecule has 0 saturated carbocycles. The summed E-state index contributed by atoms with van der Waals surface area (Å²) in [6.07, 6.45) is 4.46. The second kappa shape index (κ2) is 12.0. The monoisotopic (exact) mass is 534 g/mol. The molecule has 0 atom stereocenters. The van der Waals surface area contributed by atoms with Gasteiger partial charge in [0.25, 0.3) is 5.91 Å². The maximum absolute atomic E-state index is 12.6. The minimum atomic E-state index is -0.0229. The number of nitrogens with zero attached hydrogens (tertiary/aromatic N) is 4. The third kappa shape index (κ3) is 6.63. The highest BCUT2D eigenvalue weighted by atomic mass is 35.5. The van der Waals surface area contributed by atoms with Gasteiger partial charge in [-0.3, -0.25) is 14.7 Å². The number of benzene rings is 2. The molecule has 1 fully saturated rings. The quantitative estimate of drug-likeness (QED) is 0.228. The molecule has 1 aliphatic rings. The van der Waals surface area contributed by atoms with Gasteiger partial charge in [0.1, 0.15) is 0 Å². The zero-order valence-electron chi connectivity index (χ0n) is 20.9. The molecule has 9 heteroatoms. The van der Waals surface area contributed by atoms with Gasteiger partial charge in [0, 0.05) is 60.9 Å². The van der Waals surface area contributed by atoms with Gasteiger partial charge in [0.2, 0.25) is 0 Å². The SMILES string of the molecule is Cc1ccc(Cl)cc1N1CCN(CCCNC(=O)c2ccc(CSc3nc4ccncc4[nH]3)cc2)CC1. The second-order valence-corrected chi connectivity index (χ2v) is 10.7. The van der Waals surface area contributed by atoms with Gasteiger partial charge < -0.3 is 15.2 Å². The van der Waals surface area contributed by atoms with E-state index in [4.69, 9.17) is 11.6 Å². The third-order valence-corrected chi connectivity index (χ3v) is 7.85. The molecule has 7 nitrogen and oxygen atoms in total. The van der Waals surface area contributed by atoms with E-state index >= 15 is 0 Å². The van der Waals surface area contributed by atoms with Crippen LogP contribution in [0.3, 0.4) is 0 Å². The second-order valence-electron chi connectivity index (χ2n) is 9.29. The number of imidazole rings is 1. The summed E-state index contributed by atoms with van der Waals surface area (Å²) >= 11 is 7.83. The Morgan fingerprint density at radius 2 is 1.92 bits per heavy atom. The van der Waals surface area contributed by atoms with E-state index in [2.05, 4.69) is 49.1 Å². The number of fused-ring (bicyclic) bond motifs is 1. The van der Waals surface area contributed by atoms with E-state index in [0.717, 1.165) is 71.7 Å². The fourth-order valence-electron chi connectivity index (χ4n) is 4.55. The summed E-state index contributed by atoms with van der Waals surface area (Å²) in [4.78, 5) is 29.4. The molecule has 192 valence electrons. The molecule has 0 unspecified atom stereocenters. The van der Waals surface area contributed by atoms with Crippen LogP contribution in [0.1, 0.15) is 27.9 Å². The smallest absolute Gasteiger partial charge is 0.251 e. The molecule has 4 aromatic rings. The number of aryl methyl sites for hydroxylation is 1. The highest BCUT2D eigenvalue weighted by Gasteiger charge is 2.18. The first-order valence-corrected chi connectivity index (χ1v) is 13.9. The molecular formula is C28H31ClN6OS. The Kier molecular flexibility index (Phi) is 8.28. The van der Waals surface area contributed by atoms with Crippen LogP contribution < -0.4 is 10.2 Å². The Morgan fingerprint density at radius 1 is 1.11 bits per heavy atom. The number of nitrogens with one attached hydrogen (secondary N) is 2. The van der Waals surface area contributed by atoms with Gasteiger partial charge in [0.05, 0.1) is 17.2 Å². The molecule has 0 bridgehead atoms. The summed E-state index contributed by atoms with van der Waals surface area (Å²) in [6.45, 7) is 7.81. The molecule has 5 rings (SSSR count).